The first-order valence-electron chi connectivity index (χ1n) is 9.74. The molecule has 0 saturated carbocycles. The van der Waals surface area contributed by atoms with Gasteiger partial charge < -0.3 is 35.8 Å². The van der Waals surface area contributed by atoms with Crippen molar-refractivity contribution in [3.63, 3.8) is 0 Å². The van der Waals surface area contributed by atoms with E-state index < -0.39 is 5.54 Å². The van der Waals surface area contributed by atoms with Crippen LogP contribution in [-0.2, 0) is 11.2 Å². The van der Waals surface area contributed by atoms with E-state index in [1.54, 1.807) is 18.2 Å². The maximum absolute atomic E-state index is 11.3. The average molecular weight is 412 g/mol. The van der Waals surface area contributed by atoms with Gasteiger partial charge in [0.05, 0.1) is 5.54 Å². The molecular weight excluding hydrogens is 388 g/mol. The number of phenols is 4. The van der Waals surface area contributed by atoms with Crippen LogP contribution in [0.25, 0.3) is 0 Å². The molecule has 2 aromatic rings. The zero-order chi connectivity index (χ0) is 21.5. The number of aromatic hydroxyl groups is 4. The van der Waals surface area contributed by atoms with Gasteiger partial charge in [0.1, 0.15) is 6.61 Å². The van der Waals surface area contributed by atoms with E-state index in [-0.39, 0.29) is 47.2 Å². The molecule has 1 aliphatic heterocycles. The highest BCUT2D eigenvalue weighted by Crippen LogP contribution is 2.55. The third kappa shape index (κ3) is 3.19. The van der Waals surface area contributed by atoms with E-state index >= 15 is 0 Å². The second-order valence-electron chi connectivity index (χ2n) is 7.72. The number of rotatable bonds is 6. The molecule has 4 rings (SSSR count). The van der Waals surface area contributed by atoms with E-state index in [2.05, 4.69) is 17.2 Å². The number of phenolic OH excluding ortho intramolecular Hbond substituents is 4. The van der Waals surface area contributed by atoms with Crippen LogP contribution in [0.1, 0.15) is 29.0 Å². The van der Waals surface area contributed by atoms with E-state index in [1.807, 2.05) is 0 Å². The number of hydrogen-bond acceptors (Lipinski definition) is 7. The number of ether oxygens (including phenoxy) is 1. The highest BCUT2D eigenvalue weighted by atomic mass is 16.5. The van der Waals surface area contributed by atoms with Gasteiger partial charge in [-0.15, -0.1) is 0 Å². The van der Waals surface area contributed by atoms with E-state index in [0.29, 0.717) is 31.5 Å². The Balaban J connectivity index is 1.66. The molecule has 2 aliphatic rings. The fraction of sp³-hybridized carbons (Fsp3) is 0.318. The molecule has 0 spiro atoms. The monoisotopic (exact) mass is 412 g/mol. The van der Waals surface area contributed by atoms with Gasteiger partial charge in [0.25, 0.3) is 0 Å². The van der Waals surface area contributed by atoms with Crippen LogP contribution < -0.4 is 15.4 Å². The van der Waals surface area contributed by atoms with Crippen LogP contribution in [0.4, 0.5) is 0 Å². The van der Waals surface area contributed by atoms with Crippen molar-refractivity contribution in [2.45, 2.75) is 24.3 Å². The van der Waals surface area contributed by atoms with Crippen LogP contribution in [0.15, 0.2) is 36.9 Å². The Labute approximate surface area is 173 Å². The van der Waals surface area contributed by atoms with Crippen molar-refractivity contribution in [1.29, 1.82) is 0 Å². The van der Waals surface area contributed by atoms with Crippen molar-refractivity contribution >= 4 is 5.91 Å². The molecule has 1 amide bonds. The Morgan fingerprint density at radius 3 is 2.67 bits per heavy atom. The third-order valence-electron chi connectivity index (χ3n) is 5.85. The highest BCUT2D eigenvalue weighted by Gasteiger charge is 2.51. The quantitative estimate of drug-likeness (QED) is 0.241. The molecule has 8 nitrogen and oxygen atoms in total. The maximum Gasteiger partial charge on any atom is 0.243 e. The second-order valence-corrected chi connectivity index (χ2v) is 7.72. The summed E-state index contributed by atoms with van der Waals surface area (Å²) in [6.45, 7) is 4.71. The van der Waals surface area contributed by atoms with Crippen LogP contribution in [0.3, 0.4) is 0 Å². The molecule has 1 heterocycles. The smallest absolute Gasteiger partial charge is 0.243 e. The SMILES string of the molecule is C=CC(=O)NCCCNC12COc3c(ccc(O)c3O)C1c1cc(O)c(O)cc1C2. The normalized spacial score (nSPS) is 21.1. The van der Waals surface area contributed by atoms with Gasteiger partial charge in [-0.3, -0.25) is 4.79 Å². The summed E-state index contributed by atoms with van der Waals surface area (Å²) in [4.78, 5) is 11.3. The standard InChI is InChI=1S/C22H24N2O6/c1-2-18(28)23-6-3-7-24-22-10-12-8-16(26)17(27)9-14(12)19(22)13-4-5-15(25)20(29)21(13)30-11-22/h2,4-5,8-9,19,24-27,29H,1,3,6-7,10-11H2,(H,23,28). The minimum absolute atomic E-state index is 0.190. The third-order valence-corrected chi connectivity index (χ3v) is 5.85. The van der Waals surface area contributed by atoms with E-state index in [4.69, 9.17) is 4.74 Å². The molecule has 8 heteroatoms. The summed E-state index contributed by atoms with van der Waals surface area (Å²) in [5.74, 6) is -1.26. The average Bonchev–Trinajstić information content (AvgIpc) is 3.04. The molecule has 0 saturated heterocycles. The first-order chi connectivity index (χ1) is 14.4. The largest absolute Gasteiger partial charge is 0.504 e. The zero-order valence-electron chi connectivity index (χ0n) is 16.3. The van der Waals surface area contributed by atoms with Crippen molar-refractivity contribution in [2.75, 3.05) is 19.7 Å². The Hall–Kier alpha value is -3.39. The molecule has 0 bridgehead atoms. The van der Waals surface area contributed by atoms with Gasteiger partial charge in [-0.2, -0.15) is 0 Å². The van der Waals surface area contributed by atoms with Crippen molar-refractivity contribution in [1.82, 2.24) is 10.6 Å². The summed E-state index contributed by atoms with van der Waals surface area (Å²) >= 11 is 0. The molecular formula is C22H24N2O6. The molecule has 1 aliphatic carbocycles. The van der Waals surface area contributed by atoms with Crippen LogP contribution in [-0.4, -0.2) is 51.6 Å². The lowest BCUT2D eigenvalue weighted by Crippen LogP contribution is -2.56. The van der Waals surface area contributed by atoms with Crippen molar-refractivity contribution in [3.8, 4) is 28.7 Å². The van der Waals surface area contributed by atoms with Crippen LogP contribution in [0.2, 0.25) is 0 Å². The molecule has 0 radical (unpaired) electrons. The van der Waals surface area contributed by atoms with Gasteiger partial charge >= 0.3 is 0 Å². The summed E-state index contributed by atoms with van der Waals surface area (Å²) in [6.07, 6.45) is 2.44. The highest BCUT2D eigenvalue weighted by molar-refractivity contribution is 5.86. The van der Waals surface area contributed by atoms with E-state index in [9.17, 15) is 25.2 Å². The number of nitrogens with one attached hydrogen (secondary N) is 2. The van der Waals surface area contributed by atoms with Crippen molar-refractivity contribution in [3.05, 3.63) is 53.6 Å². The number of carbonyl (C=O) groups is 1. The van der Waals surface area contributed by atoms with Gasteiger partial charge in [-0.1, -0.05) is 12.6 Å². The first kappa shape index (κ1) is 19.9. The fourth-order valence-electron chi connectivity index (χ4n) is 4.48. The summed E-state index contributed by atoms with van der Waals surface area (Å²) in [7, 11) is 0. The molecule has 0 aromatic heterocycles. The zero-order valence-corrected chi connectivity index (χ0v) is 16.3. The summed E-state index contributed by atoms with van der Waals surface area (Å²) in [5, 5.41) is 46.5. The minimum Gasteiger partial charge on any atom is -0.504 e. The Morgan fingerprint density at radius 1 is 1.13 bits per heavy atom. The summed E-state index contributed by atoms with van der Waals surface area (Å²) < 4.78 is 5.88. The number of benzene rings is 2. The van der Waals surface area contributed by atoms with Gasteiger partial charge in [0.15, 0.2) is 23.0 Å². The van der Waals surface area contributed by atoms with Gasteiger partial charge in [0, 0.05) is 18.0 Å². The number of hydrogen-bond donors (Lipinski definition) is 6. The van der Waals surface area contributed by atoms with Gasteiger partial charge in [-0.25, -0.2) is 0 Å². The molecule has 2 aromatic carbocycles. The minimum atomic E-state index is -0.568. The number of fused-ring (bicyclic) bond motifs is 5. The Bertz CT molecular complexity index is 1020. The fourth-order valence-corrected chi connectivity index (χ4v) is 4.48. The summed E-state index contributed by atoms with van der Waals surface area (Å²) in [6, 6.07) is 6.21. The van der Waals surface area contributed by atoms with Crippen LogP contribution in [0, 0.1) is 0 Å². The van der Waals surface area contributed by atoms with Crippen molar-refractivity contribution in [2.24, 2.45) is 0 Å². The topological polar surface area (TPSA) is 131 Å². The lowest BCUT2D eigenvalue weighted by atomic mass is 9.77. The molecule has 2 unspecified atom stereocenters. The molecule has 158 valence electrons. The van der Waals surface area contributed by atoms with Crippen LogP contribution in [0.5, 0.6) is 28.7 Å². The second kappa shape index (κ2) is 7.46. The first-order valence-corrected chi connectivity index (χ1v) is 9.74. The molecule has 6 N–H and O–H groups in total. The maximum atomic E-state index is 11.3. The Kier molecular flexibility index (Phi) is 4.95. The number of amides is 1. The van der Waals surface area contributed by atoms with E-state index in [0.717, 1.165) is 11.1 Å². The molecule has 2 atom stereocenters. The Morgan fingerprint density at radius 2 is 1.90 bits per heavy atom. The predicted molar refractivity (Wildman–Crippen MR) is 109 cm³/mol. The lowest BCUT2D eigenvalue weighted by molar-refractivity contribution is -0.116. The molecule has 30 heavy (non-hydrogen) atoms. The van der Waals surface area contributed by atoms with E-state index in [1.165, 1.54) is 12.1 Å². The number of carbonyl (C=O) groups excluding carboxylic acids is 1. The van der Waals surface area contributed by atoms with Gasteiger partial charge in [-0.05, 0) is 54.8 Å². The van der Waals surface area contributed by atoms with Crippen LogP contribution >= 0.6 is 0 Å². The van der Waals surface area contributed by atoms with Gasteiger partial charge in [0.2, 0.25) is 11.7 Å². The summed E-state index contributed by atoms with van der Waals surface area (Å²) in [5.41, 5.74) is 1.81. The van der Waals surface area contributed by atoms with Crippen molar-refractivity contribution < 1.29 is 30.0 Å². The lowest BCUT2D eigenvalue weighted by Gasteiger charge is -2.41. The predicted octanol–water partition coefficient (Wildman–Crippen LogP) is 1.61. The molecule has 0 fully saturated rings.